The molecule has 17 heavy (non-hydrogen) atoms. The molecule has 0 unspecified atom stereocenters. The molecule has 1 saturated heterocycles. The SMILES string of the molecule is C[C@@H]1CN(c2ncc(Br)cc2C=O)C[C@H](C)O1. The maximum atomic E-state index is 11.1. The maximum absolute atomic E-state index is 11.1. The lowest BCUT2D eigenvalue weighted by atomic mass is 10.2. The predicted molar refractivity (Wildman–Crippen MR) is 69.5 cm³/mol. The Morgan fingerprint density at radius 3 is 2.71 bits per heavy atom. The van der Waals surface area contributed by atoms with Crippen LogP contribution in [0.3, 0.4) is 0 Å². The van der Waals surface area contributed by atoms with Crippen LogP contribution in [-0.4, -0.2) is 36.6 Å². The number of aldehydes is 1. The average molecular weight is 299 g/mol. The molecular weight excluding hydrogens is 284 g/mol. The van der Waals surface area contributed by atoms with Crippen molar-refractivity contribution in [3.8, 4) is 0 Å². The fourth-order valence-corrected chi connectivity index (χ4v) is 2.50. The summed E-state index contributed by atoms with van der Waals surface area (Å²) in [5.41, 5.74) is 0.612. The number of halogens is 1. The molecule has 0 N–H and O–H groups in total. The number of anilines is 1. The van der Waals surface area contributed by atoms with Crippen LogP contribution in [0.5, 0.6) is 0 Å². The molecule has 0 radical (unpaired) electrons. The molecule has 1 fully saturated rings. The zero-order chi connectivity index (χ0) is 12.4. The number of aromatic nitrogens is 1. The number of ether oxygens (including phenoxy) is 1. The second-order valence-corrected chi connectivity index (χ2v) is 5.26. The lowest BCUT2D eigenvalue weighted by Crippen LogP contribution is -2.46. The Morgan fingerprint density at radius 2 is 2.12 bits per heavy atom. The topological polar surface area (TPSA) is 42.4 Å². The zero-order valence-electron chi connectivity index (χ0n) is 9.89. The zero-order valence-corrected chi connectivity index (χ0v) is 11.5. The van der Waals surface area contributed by atoms with Crippen LogP contribution in [0.15, 0.2) is 16.7 Å². The molecule has 2 heterocycles. The molecule has 0 bridgehead atoms. The lowest BCUT2D eigenvalue weighted by Gasteiger charge is -2.36. The van der Waals surface area contributed by atoms with Gasteiger partial charge < -0.3 is 9.64 Å². The highest BCUT2D eigenvalue weighted by Gasteiger charge is 2.24. The minimum absolute atomic E-state index is 0.156. The molecule has 4 nitrogen and oxygen atoms in total. The monoisotopic (exact) mass is 298 g/mol. The molecule has 5 heteroatoms. The van der Waals surface area contributed by atoms with Crippen LogP contribution >= 0.6 is 15.9 Å². The van der Waals surface area contributed by atoms with Gasteiger partial charge in [-0.2, -0.15) is 0 Å². The van der Waals surface area contributed by atoms with Gasteiger partial charge in [-0.1, -0.05) is 0 Å². The van der Waals surface area contributed by atoms with E-state index in [1.165, 1.54) is 0 Å². The van der Waals surface area contributed by atoms with Crippen molar-refractivity contribution >= 4 is 28.0 Å². The van der Waals surface area contributed by atoms with Crippen molar-refractivity contribution in [2.24, 2.45) is 0 Å². The predicted octanol–water partition coefficient (Wildman–Crippen LogP) is 2.27. The fourth-order valence-electron chi connectivity index (χ4n) is 2.15. The highest BCUT2D eigenvalue weighted by molar-refractivity contribution is 9.10. The first-order valence-electron chi connectivity index (χ1n) is 5.61. The first-order valence-corrected chi connectivity index (χ1v) is 6.40. The van der Waals surface area contributed by atoms with Gasteiger partial charge in [-0.05, 0) is 35.8 Å². The Morgan fingerprint density at radius 1 is 1.47 bits per heavy atom. The smallest absolute Gasteiger partial charge is 0.153 e. The Kier molecular flexibility index (Phi) is 3.79. The first-order chi connectivity index (χ1) is 8.10. The van der Waals surface area contributed by atoms with E-state index < -0.39 is 0 Å². The van der Waals surface area contributed by atoms with Crippen LogP contribution in [0.4, 0.5) is 5.82 Å². The van der Waals surface area contributed by atoms with E-state index in [1.54, 1.807) is 12.3 Å². The van der Waals surface area contributed by atoms with Crippen LogP contribution in [0.1, 0.15) is 24.2 Å². The summed E-state index contributed by atoms with van der Waals surface area (Å²) in [7, 11) is 0. The number of nitrogens with zero attached hydrogens (tertiary/aromatic N) is 2. The van der Waals surface area contributed by atoms with Gasteiger partial charge in [-0.15, -0.1) is 0 Å². The standard InChI is InChI=1S/C12H15BrN2O2/c1-8-5-15(6-9(2)17-8)12-10(7-16)3-11(13)4-14-12/h3-4,7-9H,5-6H2,1-2H3/t8-,9+. The van der Waals surface area contributed by atoms with Crippen molar-refractivity contribution in [3.63, 3.8) is 0 Å². The van der Waals surface area contributed by atoms with Crippen molar-refractivity contribution in [1.82, 2.24) is 4.98 Å². The van der Waals surface area contributed by atoms with Crippen molar-refractivity contribution < 1.29 is 9.53 Å². The molecule has 1 aromatic heterocycles. The van der Waals surface area contributed by atoms with Gasteiger partial charge in [0.15, 0.2) is 6.29 Å². The van der Waals surface area contributed by atoms with E-state index in [0.717, 1.165) is 29.7 Å². The third-order valence-electron chi connectivity index (χ3n) is 2.71. The van der Waals surface area contributed by atoms with E-state index in [-0.39, 0.29) is 12.2 Å². The number of hydrogen-bond donors (Lipinski definition) is 0. The van der Waals surface area contributed by atoms with Gasteiger partial charge in [0.2, 0.25) is 0 Å². The normalized spacial score (nSPS) is 24.8. The van der Waals surface area contributed by atoms with Gasteiger partial charge in [-0.25, -0.2) is 4.98 Å². The number of carbonyl (C=O) groups is 1. The summed E-state index contributed by atoms with van der Waals surface area (Å²) in [5, 5.41) is 0. The molecule has 0 saturated carbocycles. The third kappa shape index (κ3) is 2.84. The first kappa shape index (κ1) is 12.5. The van der Waals surface area contributed by atoms with E-state index in [2.05, 4.69) is 25.8 Å². The van der Waals surface area contributed by atoms with Gasteiger partial charge in [0.25, 0.3) is 0 Å². The summed E-state index contributed by atoms with van der Waals surface area (Å²) in [6, 6.07) is 1.79. The molecule has 0 aromatic carbocycles. The van der Waals surface area contributed by atoms with E-state index in [0.29, 0.717) is 5.56 Å². The maximum Gasteiger partial charge on any atom is 0.153 e. The summed E-state index contributed by atoms with van der Waals surface area (Å²) in [4.78, 5) is 17.5. The Hall–Kier alpha value is -0.940. The summed E-state index contributed by atoms with van der Waals surface area (Å²) in [6.45, 7) is 5.59. The minimum Gasteiger partial charge on any atom is -0.372 e. The van der Waals surface area contributed by atoms with Crippen molar-refractivity contribution in [2.75, 3.05) is 18.0 Å². The number of morpholine rings is 1. The number of carbonyl (C=O) groups excluding carboxylic acids is 1. The summed E-state index contributed by atoms with van der Waals surface area (Å²) >= 11 is 3.32. The number of rotatable bonds is 2. The Labute approximate surface area is 109 Å². The second kappa shape index (κ2) is 5.14. The van der Waals surface area contributed by atoms with E-state index in [9.17, 15) is 4.79 Å². The molecule has 0 aliphatic carbocycles. The highest BCUT2D eigenvalue weighted by atomic mass is 79.9. The molecular formula is C12H15BrN2O2. The van der Waals surface area contributed by atoms with Crippen LogP contribution in [0, 0.1) is 0 Å². The molecule has 2 atom stereocenters. The van der Waals surface area contributed by atoms with Gasteiger partial charge in [0, 0.05) is 23.8 Å². The minimum atomic E-state index is 0.156. The summed E-state index contributed by atoms with van der Waals surface area (Å²) in [6.07, 6.45) is 2.87. The van der Waals surface area contributed by atoms with E-state index >= 15 is 0 Å². The largest absolute Gasteiger partial charge is 0.372 e. The van der Waals surface area contributed by atoms with Crippen molar-refractivity contribution in [1.29, 1.82) is 0 Å². The van der Waals surface area contributed by atoms with Gasteiger partial charge >= 0.3 is 0 Å². The molecule has 92 valence electrons. The quantitative estimate of drug-likeness (QED) is 0.786. The lowest BCUT2D eigenvalue weighted by molar-refractivity contribution is -0.00549. The molecule has 1 aliphatic heterocycles. The molecule has 1 aliphatic rings. The third-order valence-corrected chi connectivity index (χ3v) is 3.14. The Balaban J connectivity index is 2.29. The van der Waals surface area contributed by atoms with Gasteiger partial charge in [0.05, 0.1) is 17.8 Å². The van der Waals surface area contributed by atoms with Crippen molar-refractivity contribution in [2.45, 2.75) is 26.1 Å². The van der Waals surface area contributed by atoms with Crippen LogP contribution < -0.4 is 4.90 Å². The highest BCUT2D eigenvalue weighted by Crippen LogP contribution is 2.23. The molecule has 0 amide bonds. The van der Waals surface area contributed by atoms with Crippen molar-refractivity contribution in [3.05, 3.63) is 22.3 Å². The second-order valence-electron chi connectivity index (χ2n) is 4.35. The van der Waals surface area contributed by atoms with E-state index in [1.807, 2.05) is 13.8 Å². The van der Waals surface area contributed by atoms with Crippen LogP contribution in [0.25, 0.3) is 0 Å². The van der Waals surface area contributed by atoms with Gasteiger partial charge in [-0.3, -0.25) is 4.79 Å². The van der Waals surface area contributed by atoms with E-state index in [4.69, 9.17) is 4.74 Å². The average Bonchev–Trinajstić information content (AvgIpc) is 2.27. The summed E-state index contributed by atoms with van der Waals surface area (Å²) in [5.74, 6) is 0.741. The molecule has 1 aromatic rings. The van der Waals surface area contributed by atoms with Gasteiger partial charge in [0.1, 0.15) is 5.82 Å². The van der Waals surface area contributed by atoms with Crippen LogP contribution in [-0.2, 0) is 4.74 Å². The molecule has 0 spiro atoms. The number of hydrogen-bond acceptors (Lipinski definition) is 4. The number of pyridine rings is 1. The molecule has 2 rings (SSSR count). The Bertz CT molecular complexity index is 415. The van der Waals surface area contributed by atoms with Crippen LogP contribution in [0.2, 0.25) is 0 Å². The fraction of sp³-hybridized carbons (Fsp3) is 0.500. The summed E-state index contributed by atoms with van der Waals surface area (Å²) < 4.78 is 6.49.